The Kier molecular flexibility index (Phi) is 5.52. The number of hydrogen-bond donors (Lipinski definition) is 2. The first-order chi connectivity index (χ1) is 9.16. The molecule has 0 heterocycles. The van der Waals surface area contributed by atoms with E-state index in [4.69, 9.17) is 5.11 Å². The van der Waals surface area contributed by atoms with Crippen LogP contribution in [0.1, 0.15) is 33.1 Å². The summed E-state index contributed by atoms with van der Waals surface area (Å²) in [5.41, 5.74) is 0. The summed E-state index contributed by atoms with van der Waals surface area (Å²) in [5.74, 6) is -2.36. The molecule has 0 spiro atoms. The van der Waals surface area contributed by atoms with E-state index in [1.807, 2.05) is 0 Å². The van der Waals surface area contributed by atoms with E-state index >= 15 is 0 Å². The molecule has 2 unspecified atom stereocenters. The maximum atomic E-state index is 12.4. The van der Waals surface area contributed by atoms with Crippen molar-refractivity contribution in [3.05, 3.63) is 0 Å². The Hall–Kier alpha value is -1.15. The molecule has 7 nitrogen and oxygen atoms in total. The number of nitrogens with one attached hydrogen (secondary N) is 1. The van der Waals surface area contributed by atoms with E-state index in [0.29, 0.717) is 19.3 Å². The minimum atomic E-state index is -3.77. The van der Waals surface area contributed by atoms with Crippen LogP contribution in [-0.2, 0) is 19.6 Å². The van der Waals surface area contributed by atoms with Crippen LogP contribution in [0.2, 0.25) is 0 Å². The number of amides is 1. The highest BCUT2D eigenvalue weighted by atomic mass is 32.2. The summed E-state index contributed by atoms with van der Waals surface area (Å²) < 4.78 is 25.7. The second kappa shape index (κ2) is 6.53. The molecule has 0 bridgehead atoms. The van der Waals surface area contributed by atoms with Gasteiger partial charge in [0.1, 0.15) is 0 Å². The molecule has 0 aliphatic heterocycles. The van der Waals surface area contributed by atoms with Crippen LogP contribution in [0.25, 0.3) is 0 Å². The molecule has 1 fully saturated rings. The van der Waals surface area contributed by atoms with Gasteiger partial charge in [-0.2, -0.15) is 4.31 Å². The Bertz CT molecular complexity index is 474. The number of aliphatic carboxylic acids is 1. The Morgan fingerprint density at radius 3 is 2.45 bits per heavy atom. The van der Waals surface area contributed by atoms with Crippen LogP contribution >= 0.6 is 0 Å². The van der Waals surface area contributed by atoms with Crippen molar-refractivity contribution < 1.29 is 23.1 Å². The highest BCUT2D eigenvalue weighted by Gasteiger charge is 2.43. The first-order valence-corrected chi connectivity index (χ1v) is 8.14. The predicted octanol–water partition coefficient (Wildman–Crippen LogP) is 0.0259. The minimum Gasteiger partial charge on any atom is -0.481 e. The average Bonchev–Trinajstić information content (AvgIpc) is 2.76. The number of likely N-dealkylation sites (N-methyl/N-ethyl adjacent to an activating group) is 1. The topological polar surface area (TPSA) is 104 Å². The van der Waals surface area contributed by atoms with Gasteiger partial charge >= 0.3 is 5.97 Å². The Morgan fingerprint density at radius 2 is 1.95 bits per heavy atom. The zero-order valence-corrected chi connectivity index (χ0v) is 12.8. The normalized spacial score (nSPS) is 23.2. The van der Waals surface area contributed by atoms with Crippen LogP contribution in [0.5, 0.6) is 0 Å². The third-order valence-corrected chi connectivity index (χ3v) is 5.73. The highest BCUT2D eigenvalue weighted by Crippen LogP contribution is 2.32. The third-order valence-electron chi connectivity index (χ3n) is 3.40. The van der Waals surface area contributed by atoms with Crippen LogP contribution < -0.4 is 5.32 Å². The molecule has 1 aliphatic rings. The molecule has 1 aliphatic carbocycles. The van der Waals surface area contributed by atoms with E-state index in [2.05, 4.69) is 5.32 Å². The van der Waals surface area contributed by atoms with Crippen molar-refractivity contribution in [1.82, 2.24) is 9.62 Å². The van der Waals surface area contributed by atoms with Crippen molar-refractivity contribution in [1.29, 1.82) is 0 Å². The molecule has 0 saturated heterocycles. The quantitative estimate of drug-likeness (QED) is 0.720. The molecule has 2 N–H and O–H groups in total. The molecule has 1 amide bonds. The molecule has 0 aromatic heterocycles. The maximum absolute atomic E-state index is 12.4. The van der Waals surface area contributed by atoms with Crippen molar-refractivity contribution in [3.63, 3.8) is 0 Å². The highest BCUT2D eigenvalue weighted by molar-refractivity contribution is 7.89. The number of sulfonamides is 1. The molecule has 116 valence electrons. The van der Waals surface area contributed by atoms with Crippen LogP contribution in [0, 0.1) is 5.92 Å². The van der Waals surface area contributed by atoms with E-state index < -0.39 is 33.1 Å². The van der Waals surface area contributed by atoms with Crippen molar-refractivity contribution in [3.8, 4) is 0 Å². The van der Waals surface area contributed by atoms with Crippen LogP contribution in [0.15, 0.2) is 0 Å². The largest absolute Gasteiger partial charge is 0.481 e. The van der Waals surface area contributed by atoms with Crippen LogP contribution in [0.4, 0.5) is 0 Å². The molecule has 20 heavy (non-hydrogen) atoms. The molecule has 8 heteroatoms. The standard InChI is InChI=1S/C12H22N2O5S/c1-8(2)13-11(15)7-14(3)20(18,19)10-6-4-5-9(10)12(16)17/h8-10H,4-7H2,1-3H3,(H,13,15)(H,16,17). The van der Waals surface area contributed by atoms with E-state index in [0.717, 1.165) is 4.31 Å². The van der Waals surface area contributed by atoms with Gasteiger partial charge in [-0.1, -0.05) is 6.42 Å². The van der Waals surface area contributed by atoms with Crippen molar-refractivity contribution in [2.45, 2.75) is 44.4 Å². The number of carbonyl (C=O) groups is 2. The molecular weight excluding hydrogens is 284 g/mol. The SMILES string of the molecule is CC(C)NC(=O)CN(C)S(=O)(=O)C1CCCC1C(=O)O. The second-order valence-electron chi connectivity index (χ2n) is 5.44. The minimum absolute atomic E-state index is 0.0724. The monoisotopic (exact) mass is 306 g/mol. The van der Waals surface area contributed by atoms with Gasteiger partial charge in [0, 0.05) is 13.1 Å². The van der Waals surface area contributed by atoms with Crippen molar-refractivity contribution in [2.24, 2.45) is 5.92 Å². The van der Waals surface area contributed by atoms with Crippen LogP contribution in [0.3, 0.4) is 0 Å². The number of carboxylic acids is 1. The molecule has 1 rings (SSSR count). The van der Waals surface area contributed by atoms with Gasteiger partial charge in [0.15, 0.2) is 0 Å². The third kappa shape index (κ3) is 3.92. The zero-order valence-electron chi connectivity index (χ0n) is 12.0. The van der Waals surface area contributed by atoms with Gasteiger partial charge in [0.05, 0.1) is 17.7 Å². The van der Waals surface area contributed by atoms with E-state index in [9.17, 15) is 18.0 Å². The van der Waals surface area contributed by atoms with Crippen molar-refractivity contribution in [2.75, 3.05) is 13.6 Å². The van der Waals surface area contributed by atoms with E-state index in [1.54, 1.807) is 13.8 Å². The van der Waals surface area contributed by atoms with Crippen LogP contribution in [-0.4, -0.2) is 54.6 Å². The van der Waals surface area contributed by atoms with Gasteiger partial charge < -0.3 is 10.4 Å². The molecular formula is C12H22N2O5S. The second-order valence-corrected chi connectivity index (χ2v) is 7.70. The number of hydrogen-bond acceptors (Lipinski definition) is 4. The van der Waals surface area contributed by atoms with Gasteiger partial charge in [-0.3, -0.25) is 9.59 Å². The fourth-order valence-corrected chi connectivity index (χ4v) is 4.35. The van der Waals surface area contributed by atoms with Gasteiger partial charge in [-0.05, 0) is 26.7 Å². The summed E-state index contributed by atoms with van der Waals surface area (Å²) in [4.78, 5) is 22.7. The van der Waals surface area contributed by atoms with Gasteiger partial charge in [-0.15, -0.1) is 0 Å². The Morgan fingerprint density at radius 1 is 1.35 bits per heavy atom. The lowest BCUT2D eigenvalue weighted by atomic mass is 10.1. The first kappa shape index (κ1) is 16.9. The number of carboxylic acid groups (broad SMARTS) is 1. The fourth-order valence-electron chi connectivity index (χ4n) is 2.46. The lowest BCUT2D eigenvalue weighted by molar-refractivity contribution is -0.141. The summed E-state index contributed by atoms with van der Waals surface area (Å²) >= 11 is 0. The first-order valence-electron chi connectivity index (χ1n) is 6.63. The van der Waals surface area contributed by atoms with Crippen molar-refractivity contribution >= 4 is 21.9 Å². The van der Waals surface area contributed by atoms with E-state index in [1.165, 1.54) is 7.05 Å². The maximum Gasteiger partial charge on any atom is 0.307 e. The van der Waals surface area contributed by atoms with Gasteiger partial charge in [0.25, 0.3) is 0 Å². The Balaban J connectivity index is 2.77. The molecule has 0 radical (unpaired) electrons. The summed E-state index contributed by atoms with van der Waals surface area (Å²) in [5, 5.41) is 10.7. The lowest BCUT2D eigenvalue weighted by Crippen LogP contribution is -2.45. The summed E-state index contributed by atoms with van der Waals surface area (Å²) in [7, 11) is -2.46. The molecule has 0 aromatic rings. The number of nitrogens with zero attached hydrogens (tertiary/aromatic N) is 1. The number of carbonyl (C=O) groups excluding carboxylic acids is 1. The molecule has 2 atom stereocenters. The summed E-state index contributed by atoms with van der Waals surface area (Å²) in [6.07, 6.45) is 1.27. The lowest BCUT2D eigenvalue weighted by Gasteiger charge is -2.24. The molecule has 0 aromatic carbocycles. The summed E-state index contributed by atoms with van der Waals surface area (Å²) in [6.45, 7) is 3.27. The zero-order chi connectivity index (χ0) is 15.5. The van der Waals surface area contributed by atoms with Gasteiger partial charge in [-0.25, -0.2) is 8.42 Å². The molecule has 1 saturated carbocycles. The summed E-state index contributed by atoms with van der Waals surface area (Å²) in [6, 6.07) is -0.0724. The van der Waals surface area contributed by atoms with E-state index in [-0.39, 0.29) is 12.6 Å². The number of rotatable bonds is 6. The smallest absolute Gasteiger partial charge is 0.307 e. The fraction of sp³-hybridized carbons (Fsp3) is 0.833. The Labute approximate surface area is 119 Å². The van der Waals surface area contributed by atoms with Gasteiger partial charge in [0.2, 0.25) is 15.9 Å². The average molecular weight is 306 g/mol. The predicted molar refractivity (Wildman–Crippen MR) is 73.6 cm³/mol.